The number of para-hydroxylation sites is 1. The Morgan fingerprint density at radius 1 is 1.17 bits per heavy atom. The van der Waals surface area contributed by atoms with Crippen LogP contribution in [-0.4, -0.2) is 71.7 Å². The Labute approximate surface area is 172 Å². The number of aryl methyl sites for hydroxylation is 1. The highest BCUT2D eigenvalue weighted by molar-refractivity contribution is 6.06. The zero-order valence-corrected chi connectivity index (χ0v) is 17.0. The van der Waals surface area contributed by atoms with Crippen molar-refractivity contribution >= 4 is 17.0 Å². The average Bonchev–Trinajstić information content (AvgIpc) is 3.08. The van der Waals surface area contributed by atoms with Crippen molar-refractivity contribution in [1.82, 2.24) is 19.4 Å². The largest absolute Gasteiger partial charge is 0.444 e. The van der Waals surface area contributed by atoms with Gasteiger partial charge in [-0.15, -0.1) is 0 Å². The fraction of sp³-hybridized carbons (Fsp3) is 0.381. The van der Waals surface area contributed by atoms with Gasteiger partial charge in [-0.3, -0.25) is 19.5 Å². The van der Waals surface area contributed by atoms with Crippen LogP contribution in [0.25, 0.3) is 16.8 Å². The van der Waals surface area contributed by atoms with Crippen LogP contribution in [0.4, 0.5) is 0 Å². The molecule has 0 bridgehead atoms. The van der Waals surface area contributed by atoms with Gasteiger partial charge in [0.05, 0.1) is 24.5 Å². The summed E-state index contributed by atoms with van der Waals surface area (Å²) in [6, 6.07) is 8.58. The molecular formula is C21H24N4O5. The number of benzene rings is 1. The molecular weight excluding hydrogens is 388 g/mol. The third kappa shape index (κ3) is 3.69. The van der Waals surface area contributed by atoms with Crippen molar-refractivity contribution in [1.29, 1.82) is 0 Å². The first-order chi connectivity index (χ1) is 14.5. The van der Waals surface area contributed by atoms with Gasteiger partial charge in [0.15, 0.2) is 0 Å². The molecule has 1 amide bonds. The van der Waals surface area contributed by atoms with Gasteiger partial charge in [-0.05, 0) is 19.1 Å². The lowest BCUT2D eigenvalue weighted by atomic mass is 10.1. The predicted molar refractivity (Wildman–Crippen MR) is 111 cm³/mol. The number of furan rings is 1. The first-order valence-corrected chi connectivity index (χ1v) is 9.87. The van der Waals surface area contributed by atoms with E-state index < -0.39 is 11.2 Å². The number of carbonyl (C=O) groups excluding carboxylic acids is 1. The lowest BCUT2D eigenvalue weighted by Crippen LogP contribution is -2.42. The van der Waals surface area contributed by atoms with Crippen LogP contribution in [0.15, 0.2) is 44.3 Å². The van der Waals surface area contributed by atoms with E-state index in [1.54, 1.807) is 49.2 Å². The van der Waals surface area contributed by atoms with Crippen molar-refractivity contribution in [2.45, 2.75) is 6.92 Å². The number of aromatic amines is 1. The average molecular weight is 412 g/mol. The monoisotopic (exact) mass is 412 g/mol. The molecule has 9 nitrogen and oxygen atoms in total. The lowest BCUT2D eigenvalue weighted by molar-refractivity contribution is 0.0338. The van der Waals surface area contributed by atoms with Gasteiger partial charge >= 0.3 is 5.69 Å². The number of nitrogens with one attached hydrogen (secondary N) is 1. The Morgan fingerprint density at radius 2 is 1.87 bits per heavy atom. The van der Waals surface area contributed by atoms with Gasteiger partial charge in [0.25, 0.3) is 11.5 Å². The summed E-state index contributed by atoms with van der Waals surface area (Å²) >= 11 is 0. The second kappa shape index (κ2) is 8.29. The molecule has 1 aliphatic rings. The number of morpholine rings is 1. The van der Waals surface area contributed by atoms with Gasteiger partial charge < -0.3 is 14.1 Å². The quantitative estimate of drug-likeness (QED) is 0.671. The summed E-state index contributed by atoms with van der Waals surface area (Å²) in [5.41, 5.74) is -0.586. The van der Waals surface area contributed by atoms with E-state index in [-0.39, 0.29) is 22.6 Å². The molecule has 9 heteroatoms. The molecule has 1 aromatic carbocycles. The van der Waals surface area contributed by atoms with Crippen molar-refractivity contribution in [2.24, 2.45) is 0 Å². The number of carbonyl (C=O) groups is 1. The first-order valence-electron chi connectivity index (χ1n) is 9.87. The van der Waals surface area contributed by atoms with Crippen molar-refractivity contribution in [3.05, 3.63) is 62.5 Å². The molecule has 2 aromatic heterocycles. The van der Waals surface area contributed by atoms with Crippen molar-refractivity contribution in [3.63, 3.8) is 0 Å². The number of hydrogen-bond acceptors (Lipinski definition) is 6. The van der Waals surface area contributed by atoms with Crippen LogP contribution in [0.5, 0.6) is 0 Å². The van der Waals surface area contributed by atoms with Crippen molar-refractivity contribution < 1.29 is 13.9 Å². The van der Waals surface area contributed by atoms with E-state index in [1.165, 1.54) is 0 Å². The summed E-state index contributed by atoms with van der Waals surface area (Å²) in [6.45, 7) is 5.88. The van der Waals surface area contributed by atoms with E-state index in [0.717, 1.165) is 17.7 Å². The van der Waals surface area contributed by atoms with Crippen LogP contribution < -0.4 is 11.2 Å². The van der Waals surface area contributed by atoms with Crippen LogP contribution in [0.1, 0.15) is 16.1 Å². The molecule has 1 aliphatic heterocycles. The molecule has 4 rings (SSSR count). The van der Waals surface area contributed by atoms with Crippen LogP contribution in [-0.2, 0) is 4.74 Å². The summed E-state index contributed by atoms with van der Waals surface area (Å²) in [5.74, 6) is -0.0185. The number of ether oxygens (including phenoxy) is 1. The van der Waals surface area contributed by atoms with E-state index >= 15 is 0 Å². The van der Waals surface area contributed by atoms with Gasteiger partial charge in [-0.1, -0.05) is 18.2 Å². The van der Waals surface area contributed by atoms with Crippen LogP contribution in [0.3, 0.4) is 0 Å². The fourth-order valence-corrected chi connectivity index (χ4v) is 3.67. The van der Waals surface area contributed by atoms with E-state index in [2.05, 4.69) is 9.88 Å². The number of amides is 1. The Balaban J connectivity index is 1.70. The molecule has 0 aliphatic carbocycles. The highest BCUT2D eigenvalue weighted by Gasteiger charge is 2.26. The molecule has 0 saturated carbocycles. The predicted octanol–water partition coefficient (Wildman–Crippen LogP) is 0.985. The highest BCUT2D eigenvalue weighted by atomic mass is 16.5. The maximum absolute atomic E-state index is 13.2. The third-order valence-corrected chi connectivity index (χ3v) is 5.36. The van der Waals surface area contributed by atoms with Gasteiger partial charge in [-0.2, -0.15) is 0 Å². The van der Waals surface area contributed by atoms with Crippen molar-refractivity contribution in [3.8, 4) is 5.69 Å². The molecule has 0 atom stereocenters. The Hall–Kier alpha value is -3.17. The Morgan fingerprint density at radius 3 is 2.57 bits per heavy atom. The minimum absolute atomic E-state index is 0.0135. The number of rotatable bonds is 5. The number of likely N-dealkylation sites (N-methyl/N-ethyl adjacent to an activating group) is 1. The Bertz CT molecular complexity index is 1170. The second-order valence-corrected chi connectivity index (χ2v) is 7.32. The third-order valence-electron chi connectivity index (χ3n) is 5.36. The zero-order chi connectivity index (χ0) is 21.3. The molecule has 0 unspecified atom stereocenters. The number of nitrogens with zero attached hydrogens (tertiary/aromatic N) is 3. The Kier molecular flexibility index (Phi) is 5.56. The molecule has 3 heterocycles. The zero-order valence-electron chi connectivity index (χ0n) is 17.0. The molecule has 3 aromatic rings. The standard InChI is InChI=1S/C21H24N4O5/c1-14-16(19(26)23(2)8-9-24-10-12-29-13-11-24)17-18(30-14)22-21(28)25(20(17)27)15-6-4-3-5-7-15/h3-7H,8-13H2,1-2H3,(H,22,28). The SMILES string of the molecule is Cc1oc2[nH]c(=O)n(-c3ccccc3)c(=O)c2c1C(=O)N(C)CCN1CCOCC1. The van der Waals surface area contributed by atoms with Gasteiger partial charge in [0, 0.05) is 33.2 Å². The van der Waals surface area contributed by atoms with E-state index in [9.17, 15) is 14.4 Å². The molecule has 1 saturated heterocycles. The second-order valence-electron chi connectivity index (χ2n) is 7.32. The number of H-pyrrole nitrogens is 1. The number of aromatic nitrogens is 2. The lowest BCUT2D eigenvalue weighted by Gasteiger charge is -2.28. The van der Waals surface area contributed by atoms with E-state index in [0.29, 0.717) is 37.8 Å². The van der Waals surface area contributed by atoms with Gasteiger partial charge in [0.2, 0.25) is 5.71 Å². The normalized spacial score (nSPS) is 14.9. The summed E-state index contributed by atoms with van der Waals surface area (Å²) < 4.78 is 11.9. The maximum atomic E-state index is 13.2. The number of hydrogen-bond donors (Lipinski definition) is 1. The smallest absolute Gasteiger partial charge is 0.335 e. The van der Waals surface area contributed by atoms with Crippen LogP contribution in [0, 0.1) is 6.92 Å². The summed E-state index contributed by atoms with van der Waals surface area (Å²) in [6.07, 6.45) is 0. The van der Waals surface area contributed by atoms with Gasteiger partial charge in [0.1, 0.15) is 11.1 Å². The topological polar surface area (TPSA) is 101 Å². The van der Waals surface area contributed by atoms with E-state index in [1.807, 2.05) is 0 Å². The van der Waals surface area contributed by atoms with Crippen molar-refractivity contribution in [2.75, 3.05) is 46.4 Å². The minimum Gasteiger partial charge on any atom is -0.444 e. The maximum Gasteiger partial charge on any atom is 0.335 e. The molecule has 0 radical (unpaired) electrons. The molecule has 158 valence electrons. The molecule has 30 heavy (non-hydrogen) atoms. The van der Waals surface area contributed by atoms with E-state index in [4.69, 9.17) is 9.15 Å². The first kappa shape index (κ1) is 20.1. The van der Waals surface area contributed by atoms with Crippen LogP contribution in [0.2, 0.25) is 0 Å². The fourth-order valence-electron chi connectivity index (χ4n) is 3.67. The number of fused-ring (bicyclic) bond motifs is 1. The molecule has 0 spiro atoms. The summed E-state index contributed by atoms with van der Waals surface area (Å²) in [4.78, 5) is 45.3. The highest BCUT2D eigenvalue weighted by Crippen LogP contribution is 2.22. The van der Waals surface area contributed by atoms with Crippen LogP contribution >= 0.6 is 0 Å². The minimum atomic E-state index is -0.618. The molecule has 1 N–H and O–H groups in total. The molecule has 1 fully saturated rings. The summed E-state index contributed by atoms with van der Waals surface area (Å²) in [5, 5.41) is 0.0826. The summed E-state index contributed by atoms with van der Waals surface area (Å²) in [7, 11) is 1.70. The van der Waals surface area contributed by atoms with Gasteiger partial charge in [-0.25, -0.2) is 9.36 Å².